The molecule has 0 unspecified atom stereocenters. The number of benzene rings is 3. The van der Waals surface area contributed by atoms with Crippen molar-refractivity contribution >= 4 is 29.6 Å². The first kappa shape index (κ1) is 34.6. The van der Waals surface area contributed by atoms with E-state index < -0.39 is 7.41 Å². The molecule has 3 aromatic rings. The first-order valence-electron chi connectivity index (χ1n) is 18.1. The molecule has 0 N–H and O–H groups in total. The first-order chi connectivity index (χ1) is 20.8. The topological polar surface area (TPSA) is 3.24 Å². The van der Waals surface area contributed by atoms with E-state index in [1.165, 1.54) is 156 Å². The zero-order valence-electron chi connectivity index (χ0n) is 27.7. The summed E-state index contributed by atoms with van der Waals surface area (Å²) in [4.78, 5) is 0. The van der Waals surface area contributed by atoms with E-state index in [1.807, 2.05) is 0 Å². The summed E-state index contributed by atoms with van der Waals surface area (Å²) in [5.41, 5.74) is 2.90. The summed E-state index contributed by atoms with van der Waals surface area (Å²) in [5.74, 6) is 0. The van der Waals surface area contributed by atoms with Gasteiger partial charge in [-0.15, -0.1) is 0 Å². The molecule has 0 atom stereocenters. The molecule has 3 rings (SSSR count). The van der Waals surface area contributed by atoms with E-state index in [-0.39, 0.29) is 0 Å². The van der Waals surface area contributed by atoms with Crippen molar-refractivity contribution in [3.05, 3.63) is 72.8 Å². The quantitative estimate of drug-likeness (QED) is 0.0742. The zero-order chi connectivity index (χ0) is 29.7. The van der Waals surface area contributed by atoms with Gasteiger partial charge in [0.05, 0.1) is 0 Å². The fraction of sp³-hybridized carbons (Fsp3) is 0.600. The van der Waals surface area contributed by atoms with Crippen LogP contribution >= 0.6 is 7.41 Å². The van der Waals surface area contributed by atoms with Gasteiger partial charge in [0.1, 0.15) is 0 Å². The Morgan fingerprint density at radius 2 is 0.857 bits per heavy atom. The van der Waals surface area contributed by atoms with Crippen molar-refractivity contribution in [2.45, 2.75) is 136 Å². The number of nitrogens with zero attached hydrogens (tertiary/aromatic N) is 1. The van der Waals surface area contributed by atoms with Gasteiger partial charge in [-0.3, -0.25) is 0 Å². The van der Waals surface area contributed by atoms with Crippen LogP contribution in [-0.2, 0) is 0 Å². The number of hydrogen-bond donors (Lipinski definition) is 0. The monoisotopic (exact) mass is 589 g/mol. The Hall–Kier alpha value is -1.85. The molecule has 0 heterocycles. The molecule has 0 radical (unpaired) electrons. The number of hydrogen-bond acceptors (Lipinski definition) is 1. The second kappa shape index (κ2) is 21.0. The minimum absolute atomic E-state index is 1.33. The number of anilines is 2. The van der Waals surface area contributed by atoms with Crippen LogP contribution in [0.25, 0.3) is 10.8 Å². The Balaban J connectivity index is 2.00. The van der Waals surface area contributed by atoms with Crippen LogP contribution in [0.4, 0.5) is 11.4 Å². The summed E-state index contributed by atoms with van der Waals surface area (Å²) < 4.78 is 2.99. The SMILES string of the molecule is CCCCCCCC[PH](CCCCCCCC)(CCCCCCCC)N(c1ccccc1)c1cccc2ccccc12. The van der Waals surface area contributed by atoms with Gasteiger partial charge in [-0.2, -0.15) is 0 Å². The van der Waals surface area contributed by atoms with Crippen LogP contribution in [0.2, 0.25) is 0 Å². The zero-order valence-corrected chi connectivity index (χ0v) is 28.7. The average Bonchev–Trinajstić information content (AvgIpc) is 3.03. The van der Waals surface area contributed by atoms with Gasteiger partial charge in [0.2, 0.25) is 0 Å². The summed E-state index contributed by atoms with van der Waals surface area (Å²) >= 11 is 0. The number of fused-ring (bicyclic) bond motifs is 1. The van der Waals surface area contributed by atoms with Crippen molar-refractivity contribution in [3.63, 3.8) is 0 Å². The van der Waals surface area contributed by atoms with E-state index in [1.54, 1.807) is 0 Å². The Kier molecular flexibility index (Phi) is 17.3. The molecular weight excluding hydrogens is 525 g/mol. The fourth-order valence-corrected chi connectivity index (χ4v) is 12.6. The second-order valence-electron chi connectivity index (χ2n) is 12.9. The van der Waals surface area contributed by atoms with Crippen LogP contribution in [0.1, 0.15) is 136 Å². The molecule has 0 fully saturated rings. The summed E-state index contributed by atoms with van der Waals surface area (Å²) in [6.07, 6.45) is 29.3. The number of para-hydroxylation sites is 1. The van der Waals surface area contributed by atoms with E-state index in [2.05, 4.69) is 98.2 Å². The van der Waals surface area contributed by atoms with E-state index in [0.29, 0.717) is 0 Å². The molecule has 0 aromatic heterocycles. The molecule has 0 spiro atoms. The Morgan fingerprint density at radius 3 is 1.38 bits per heavy atom. The fourth-order valence-electron chi connectivity index (χ4n) is 7.06. The van der Waals surface area contributed by atoms with Crippen LogP contribution in [-0.4, -0.2) is 18.5 Å². The maximum atomic E-state index is 2.99. The van der Waals surface area contributed by atoms with Gasteiger partial charge in [0, 0.05) is 0 Å². The Morgan fingerprint density at radius 1 is 0.429 bits per heavy atom. The van der Waals surface area contributed by atoms with Gasteiger partial charge in [-0.05, 0) is 0 Å². The predicted molar refractivity (Wildman–Crippen MR) is 196 cm³/mol. The van der Waals surface area contributed by atoms with Crippen LogP contribution in [0.5, 0.6) is 0 Å². The van der Waals surface area contributed by atoms with Gasteiger partial charge in [-0.1, -0.05) is 0 Å². The molecule has 0 bridgehead atoms. The van der Waals surface area contributed by atoms with Crippen molar-refractivity contribution in [3.8, 4) is 0 Å². The molecule has 2 heteroatoms. The maximum absolute atomic E-state index is 2.99. The van der Waals surface area contributed by atoms with E-state index in [4.69, 9.17) is 0 Å². The van der Waals surface area contributed by atoms with Crippen LogP contribution in [0.15, 0.2) is 72.8 Å². The summed E-state index contributed by atoms with van der Waals surface area (Å²) in [6, 6.07) is 27.7. The van der Waals surface area contributed by atoms with Gasteiger partial charge in [0.25, 0.3) is 0 Å². The summed E-state index contributed by atoms with van der Waals surface area (Å²) in [5, 5.41) is 2.80. The number of rotatable bonds is 24. The molecule has 0 aliphatic carbocycles. The molecule has 0 saturated carbocycles. The normalized spacial score (nSPS) is 12.2. The van der Waals surface area contributed by atoms with Crippen molar-refractivity contribution < 1.29 is 0 Å². The van der Waals surface area contributed by atoms with Crippen molar-refractivity contribution in [2.75, 3.05) is 23.2 Å². The molecule has 234 valence electrons. The third-order valence-electron chi connectivity index (χ3n) is 9.48. The van der Waals surface area contributed by atoms with E-state index >= 15 is 0 Å². The second-order valence-corrected chi connectivity index (χ2v) is 17.3. The van der Waals surface area contributed by atoms with E-state index in [9.17, 15) is 0 Å². The third-order valence-corrected chi connectivity index (χ3v) is 14.8. The van der Waals surface area contributed by atoms with Gasteiger partial charge in [-0.25, -0.2) is 0 Å². The molecule has 1 nitrogen and oxygen atoms in total. The van der Waals surface area contributed by atoms with E-state index in [0.717, 1.165) is 0 Å². The van der Waals surface area contributed by atoms with Gasteiger partial charge >= 0.3 is 262 Å². The van der Waals surface area contributed by atoms with Crippen LogP contribution in [0.3, 0.4) is 0 Å². The molecule has 0 saturated heterocycles. The minimum atomic E-state index is -1.90. The average molecular weight is 590 g/mol. The van der Waals surface area contributed by atoms with Crippen molar-refractivity contribution in [1.82, 2.24) is 0 Å². The van der Waals surface area contributed by atoms with Crippen LogP contribution in [0, 0.1) is 0 Å². The molecule has 0 amide bonds. The van der Waals surface area contributed by atoms with Crippen LogP contribution < -0.4 is 4.67 Å². The van der Waals surface area contributed by atoms with Crippen molar-refractivity contribution in [2.24, 2.45) is 0 Å². The Labute approximate surface area is 261 Å². The number of unbranched alkanes of at least 4 members (excludes halogenated alkanes) is 15. The first-order valence-corrected chi connectivity index (χ1v) is 20.7. The molecule has 42 heavy (non-hydrogen) atoms. The summed E-state index contributed by atoms with van der Waals surface area (Å²) in [6.45, 7) is 7.00. The van der Waals surface area contributed by atoms with Crippen molar-refractivity contribution in [1.29, 1.82) is 0 Å². The molecule has 0 aliphatic heterocycles. The molecule has 0 aliphatic rings. The summed E-state index contributed by atoms with van der Waals surface area (Å²) in [7, 11) is -1.90. The standard InChI is InChI=1S/C40H64NP/c1-4-7-10-13-16-24-34-42(35-25-17-14-11-8-5-2,36-26-18-15-12-9-6-3)41(38-30-20-19-21-31-38)40-33-27-29-37-28-22-23-32-39(37)40/h19-23,27-33,42H,4-18,24-26,34-36H2,1-3H3. The van der Waals surface area contributed by atoms with Gasteiger partial charge in [0.15, 0.2) is 0 Å². The Bertz CT molecular complexity index is 1030. The third kappa shape index (κ3) is 11.3. The molecule has 3 aromatic carbocycles. The predicted octanol–water partition coefficient (Wildman–Crippen LogP) is 13.7. The molecular formula is C40H64NP. The van der Waals surface area contributed by atoms with Gasteiger partial charge < -0.3 is 0 Å².